The van der Waals surface area contributed by atoms with Crippen LogP contribution in [-0.2, 0) is 4.74 Å². The van der Waals surface area contributed by atoms with Crippen LogP contribution < -0.4 is 28.9 Å². The SMILES string of the molecule is [Li+].[NH-]C1CCN(C2OC2Nc2ncc(-c3cccc(OC(F)(F)F)c3)s2)CC1. The molecule has 0 spiro atoms. The van der Waals surface area contributed by atoms with Gasteiger partial charge in [-0.1, -0.05) is 36.3 Å². The Labute approximate surface area is 176 Å². The Morgan fingerprint density at radius 1 is 1.29 bits per heavy atom. The van der Waals surface area contributed by atoms with Gasteiger partial charge in [-0.05, 0) is 30.8 Å². The number of benzene rings is 1. The predicted octanol–water partition coefficient (Wildman–Crippen LogP) is 1.32. The number of nitrogens with zero attached hydrogens (tertiary/aromatic N) is 2. The summed E-state index contributed by atoms with van der Waals surface area (Å²) in [6.07, 6.45) is -1.55. The quantitative estimate of drug-likeness (QED) is 0.599. The van der Waals surface area contributed by atoms with E-state index in [2.05, 4.69) is 19.9 Å². The molecule has 2 aliphatic heterocycles. The van der Waals surface area contributed by atoms with Crippen LogP contribution in [0, 0.1) is 0 Å². The zero-order valence-electron chi connectivity index (χ0n) is 15.2. The van der Waals surface area contributed by atoms with Gasteiger partial charge in [-0.25, -0.2) is 4.98 Å². The van der Waals surface area contributed by atoms with Crippen LogP contribution in [0.1, 0.15) is 12.8 Å². The minimum atomic E-state index is -4.72. The fourth-order valence-corrected chi connectivity index (χ4v) is 3.92. The Balaban J connectivity index is 0.00000225. The zero-order chi connectivity index (χ0) is 19.0. The van der Waals surface area contributed by atoms with E-state index < -0.39 is 6.36 Å². The number of hydrogen-bond donors (Lipinski definition) is 1. The number of thiazole rings is 1. The van der Waals surface area contributed by atoms with Gasteiger partial charge in [0.25, 0.3) is 0 Å². The van der Waals surface area contributed by atoms with Gasteiger partial charge in [-0.3, -0.25) is 4.90 Å². The van der Waals surface area contributed by atoms with E-state index in [1.807, 2.05) is 0 Å². The molecule has 28 heavy (non-hydrogen) atoms. The maximum Gasteiger partial charge on any atom is 1.00 e. The first-order valence-corrected chi connectivity index (χ1v) is 9.38. The maximum absolute atomic E-state index is 12.4. The number of likely N-dealkylation sites (tertiary alicyclic amines) is 1. The number of piperidine rings is 1. The molecular weight excluding hydrogens is 388 g/mol. The van der Waals surface area contributed by atoms with E-state index in [0.717, 1.165) is 30.8 Å². The summed E-state index contributed by atoms with van der Waals surface area (Å²) in [5.74, 6) is -0.258. The third kappa shape index (κ3) is 5.41. The summed E-state index contributed by atoms with van der Waals surface area (Å²) in [6, 6.07) is 5.85. The number of ether oxygens (including phenoxy) is 2. The summed E-state index contributed by atoms with van der Waals surface area (Å²) >= 11 is 1.34. The number of rotatable bonds is 5. The summed E-state index contributed by atoms with van der Waals surface area (Å²) in [5, 5.41) is 3.85. The van der Waals surface area contributed by atoms with E-state index in [1.165, 1.54) is 29.5 Å². The molecule has 3 heterocycles. The molecule has 0 bridgehead atoms. The Hall–Kier alpha value is -1.28. The molecule has 2 fully saturated rings. The molecule has 4 rings (SSSR count). The van der Waals surface area contributed by atoms with Crippen LogP contribution in [0.5, 0.6) is 5.75 Å². The van der Waals surface area contributed by atoms with Crippen LogP contribution in [0.2, 0.25) is 0 Å². The number of anilines is 1. The van der Waals surface area contributed by atoms with Crippen LogP contribution in [0.4, 0.5) is 18.3 Å². The van der Waals surface area contributed by atoms with E-state index in [4.69, 9.17) is 10.5 Å². The van der Waals surface area contributed by atoms with Crippen LogP contribution in [0.25, 0.3) is 16.2 Å². The summed E-state index contributed by atoms with van der Waals surface area (Å²) in [7, 11) is 0. The van der Waals surface area contributed by atoms with Crippen molar-refractivity contribution in [2.24, 2.45) is 0 Å². The number of halogens is 3. The molecule has 2 atom stereocenters. The number of epoxide rings is 1. The molecular formula is C17H18F3LiN4O2S. The third-order valence-corrected chi connectivity index (χ3v) is 5.46. The molecule has 6 nitrogen and oxygen atoms in total. The fourth-order valence-electron chi connectivity index (χ4n) is 3.08. The van der Waals surface area contributed by atoms with E-state index in [0.29, 0.717) is 10.7 Å². The molecule has 0 saturated carbocycles. The normalized spacial score (nSPS) is 23.1. The number of aromatic nitrogens is 1. The van der Waals surface area contributed by atoms with Crippen LogP contribution >= 0.6 is 11.3 Å². The third-order valence-electron chi connectivity index (χ3n) is 4.48. The van der Waals surface area contributed by atoms with E-state index in [9.17, 15) is 13.2 Å². The standard InChI is InChI=1S/C17H18F3N4O2S.Li/c18-17(19,20)26-12-3-1-2-10(8-12)13-9-22-16(27-13)23-14-15(25-14)24-6-4-11(21)5-7-24;/h1-3,8-9,11,14-15,21H,4-7H2,(H,22,23);/q-1;+1. The maximum atomic E-state index is 12.4. The van der Waals surface area contributed by atoms with Crippen LogP contribution in [0.15, 0.2) is 30.5 Å². The fraction of sp³-hybridized carbons (Fsp3) is 0.471. The summed E-state index contributed by atoms with van der Waals surface area (Å²) in [4.78, 5) is 7.24. The van der Waals surface area contributed by atoms with Crippen molar-refractivity contribution in [3.05, 3.63) is 36.2 Å². The summed E-state index contributed by atoms with van der Waals surface area (Å²) < 4.78 is 46.7. The van der Waals surface area contributed by atoms with Crippen molar-refractivity contribution < 1.29 is 41.5 Å². The largest absolute Gasteiger partial charge is 1.00 e. The Morgan fingerprint density at radius 2 is 2.04 bits per heavy atom. The van der Waals surface area contributed by atoms with Gasteiger partial charge in [0.2, 0.25) is 0 Å². The molecule has 0 amide bonds. The second kappa shape index (κ2) is 8.61. The average Bonchev–Trinajstić information content (AvgIpc) is 3.20. The molecule has 2 aromatic rings. The van der Waals surface area contributed by atoms with Gasteiger partial charge in [-0.2, -0.15) is 0 Å². The van der Waals surface area contributed by atoms with Gasteiger partial charge in [-0.15, -0.1) is 19.2 Å². The molecule has 2 saturated heterocycles. The van der Waals surface area contributed by atoms with Crippen molar-refractivity contribution in [2.45, 2.75) is 37.7 Å². The molecule has 1 aromatic carbocycles. The average molecular weight is 406 g/mol. The van der Waals surface area contributed by atoms with Crippen LogP contribution in [0.3, 0.4) is 0 Å². The van der Waals surface area contributed by atoms with Crippen LogP contribution in [-0.4, -0.2) is 47.8 Å². The molecule has 0 aliphatic carbocycles. The first-order chi connectivity index (χ1) is 12.9. The van der Waals surface area contributed by atoms with Crippen molar-refractivity contribution in [2.75, 3.05) is 18.4 Å². The zero-order valence-corrected chi connectivity index (χ0v) is 16.0. The van der Waals surface area contributed by atoms with Gasteiger partial charge >= 0.3 is 25.2 Å². The van der Waals surface area contributed by atoms with Crippen molar-refractivity contribution >= 4 is 16.5 Å². The molecule has 146 valence electrons. The van der Waals surface area contributed by atoms with E-state index in [-0.39, 0.29) is 43.1 Å². The van der Waals surface area contributed by atoms with E-state index in [1.54, 1.807) is 12.3 Å². The van der Waals surface area contributed by atoms with Gasteiger partial charge in [0.05, 0.1) is 4.88 Å². The number of alkyl halides is 3. The Kier molecular flexibility index (Phi) is 6.59. The second-order valence-corrected chi connectivity index (χ2v) is 7.54. The molecule has 2 unspecified atom stereocenters. The number of hydrogen-bond acceptors (Lipinski definition) is 6. The number of nitrogens with one attached hydrogen (secondary N) is 2. The van der Waals surface area contributed by atoms with Crippen molar-refractivity contribution in [1.82, 2.24) is 9.88 Å². The topological polar surface area (TPSA) is 73.7 Å². The first-order valence-electron chi connectivity index (χ1n) is 8.56. The summed E-state index contributed by atoms with van der Waals surface area (Å²) in [5.41, 5.74) is 8.34. The van der Waals surface area contributed by atoms with Crippen molar-refractivity contribution in [1.29, 1.82) is 0 Å². The molecule has 1 aromatic heterocycles. The smallest absolute Gasteiger partial charge is 0.675 e. The van der Waals surface area contributed by atoms with Gasteiger partial charge in [0, 0.05) is 6.20 Å². The van der Waals surface area contributed by atoms with Crippen molar-refractivity contribution in [3.63, 3.8) is 0 Å². The van der Waals surface area contributed by atoms with Crippen molar-refractivity contribution in [3.8, 4) is 16.2 Å². The molecule has 11 heteroatoms. The van der Waals surface area contributed by atoms with Gasteiger partial charge in [0.15, 0.2) is 17.6 Å². The molecule has 2 aliphatic rings. The summed E-state index contributed by atoms with van der Waals surface area (Å²) in [6.45, 7) is 1.71. The van der Waals surface area contributed by atoms with Gasteiger partial charge in [0.1, 0.15) is 5.75 Å². The molecule has 0 radical (unpaired) electrons. The minimum Gasteiger partial charge on any atom is -0.675 e. The minimum absolute atomic E-state index is 0. The predicted molar refractivity (Wildman–Crippen MR) is 95.4 cm³/mol. The first kappa shape index (κ1) is 21.4. The van der Waals surface area contributed by atoms with Gasteiger partial charge < -0.3 is 20.5 Å². The van der Waals surface area contributed by atoms with E-state index >= 15 is 0 Å². The monoisotopic (exact) mass is 406 g/mol. The second-order valence-electron chi connectivity index (χ2n) is 6.51. The molecule has 2 N–H and O–H groups in total. The Morgan fingerprint density at radius 3 is 2.75 bits per heavy atom. The Bertz CT molecular complexity index is 799.